The standard InChI is InChI=1S/C10H15NO2.C7H9N.C3H8/c1-2-5-13-10-6-8(7-11)3-4-9(10)12;8-6-7-4-2-1-3-5-7;1-3-2/h3-4,6,12H,2,5,7,11H2,1H3;1-5H,6,8H2;3H2,1-2H3. The predicted molar refractivity (Wildman–Crippen MR) is 102 cm³/mol. The molecule has 24 heavy (non-hydrogen) atoms. The van der Waals surface area contributed by atoms with Crippen LogP contribution in [0.25, 0.3) is 0 Å². The van der Waals surface area contributed by atoms with Gasteiger partial charge in [-0.1, -0.05) is 63.6 Å². The van der Waals surface area contributed by atoms with E-state index in [4.69, 9.17) is 16.2 Å². The molecule has 0 saturated carbocycles. The van der Waals surface area contributed by atoms with Crippen molar-refractivity contribution in [1.29, 1.82) is 0 Å². The third-order valence-corrected chi connectivity index (χ3v) is 2.80. The molecule has 0 spiro atoms. The van der Waals surface area contributed by atoms with Gasteiger partial charge in [0, 0.05) is 13.1 Å². The maximum absolute atomic E-state index is 9.39. The van der Waals surface area contributed by atoms with Crippen LogP contribution in [0.2, 0.25) is 0 Å². The molecule has 2 aromatic rings. The zero-order valence-corrected chi connectivity index (χ0v) is 15.2. The Kier molecular flexibility index (Phi) is 13.3. The molecule has 0 heterocycles. The number of hydrogen-bond donors (Lipinski definition) is 3. The van der Waals surface area contributed by atoms with Crippen molar-refractivity contribution in [1.82, 2.24) is 0 Å². The summed E-state index contributed by atoms with van der Waals surface area (Å²) in [5.74, 6) is 0.690. The number of nitrogens with two attached hydrogens (primary N) is 2. The van der Waals surface area contributed by atoms with Gasteiger partial charge in [-0.3, -0.25) is 0 Å². The van der Waals surface area contributed by atoms with Crippen LogP contribution in [-0.4, -0.2) is 11.7 Å². The molecule has 2 aromatic carbocycles. The Morgan fingerprint density at radius 3 is 1.92 bits per heavy atom. The number of aromatic hydroxyl groups is 1. The Bertz CT molecular complexity index is 530. The van der Waals surface area contributed by atoms with Crippen molar-refractivity contribution in [3.63, 3.8) is 0 Å². The Balaban J connectivity index is 0.000000409. The zero-order valence-electron chi connectivity index (χ0n) is 15.2. The summed E-state index contributed by atoms with van der Waals surface area (Å²) < 4.78 is 5.32. The summed E-state index contributed by atoms with van der Waals surface area (Å²) >= 11 is 0. The van der Waals surface area contributed by atoms with Crippen molar-refractivity contribution in [3.8, 4) is 11.5 Å². The molecular formula is C20H32N2O2. The van der Waals surface area contributed by atoms with E-state index in [0.717, 1.165) is 12.0 Å². The number of phenolic OH excluding ortho intramolecular Hbond substituents is 1. The van der Waals surface area contributed by atoms with E-state index in [1.54, 1.807) is 18.2 Å². The summed E-state index contributed by atoms with van der Waals surface area (Å²) in [6, 6.07) is 15.1. The normalized spacial score (nSPS) is 9.21. The summed E-state index contributed by atoms with van der Waals surface area (Å²) in [5.41, 5.74) is 13.0. The van der Waals surface area contributed by atoms with Gasteiger partial charge in [0.05, 0.1) is 6.61 Å². The predicted octanol–water partition coefficient (Wildman–Crippen LogP) is 4.20. The summed E-state index contributed by atoms with van der Waals surface area (Å²) in [7, 11) is 0. The first-order chi connectivity index (χ1) is 11.6. The summed E-state index contributed by atoms with van der Waals surface area (Å²) in [5, 5.41) is 9.39. The van der Waals surface area contributed by atoms with Crippen molar-refractivity contribution in [3.05, 3.63) is 59.7 Å². The number of phenols is 1. The van der Waals surface area contributed by atoms with Gasteiger partial charge in [0.1, 0.15) is 0 Å². The molecular weight excluding hydrogens is 300 g/mol. The van der Waals surface area contributed by atoms with Gasteiger partial charge in [0.25, 0.3) is 0 Å². The van der Waals surface area contributed by atoms with Gasteiger partial charge in [-0.15, -0.1) is 0 Å². The van der Waals surface area contributed by atoms with E-state index in [2.05, 4.69) is 13.8 Å². The third kappa shape index (κ3) is 9.87. The molecule has 0 unspecified atom stereocenters. The third-order valence-electron chi connectivity index (χ3n) is 2.80. The minimum Gasteiger partial charge on any atom is -0.504 e. The number of rotatable bonds is 5. The zero-order chi connectivity index (χ0) is 18.2. The second kappa shape index (κ2) is 14.5. The van der Waals surface area contributed by atoms with E-state index in [9.17, 15) is 5.11 Å². The van der Waals surface area contributed by atoms with Gasteiger partial charge in [-0.25, -0.2) is 0 Å². The molecule has 0 fully saturated rings. The topological polar surface area (TPSA) is 81.5 Å². The first kappa shape index (κ1) is 22.0. The lowest BCUT2D eigenvalue weighted by atomic mass is 10.2. The monoisotopic (exact) mass is 332 g/mol. The van der Waals surface area contributed by atoms with Gasteiger partial charge in [-0.2, -0.15) is 0 Å². The van der Waals surface area contributed by atoms with E-state index >= 15 is 0 Å². The number of ether oxygens (including phenoxy) is 1. The van der Waals surface area contributed by atoms with Crippen LogP contribution < -0.4 is 16.2 Å². The largest absolute Gasteiger partial charge is 0.504 e. The lowest BCUT2D eigenvalue weighted by molar-refractivity contribution is 0.299. The number of hydrogen-bond acceptors (Lipinski definition) is 4. The van der Waals surface area contributed by atoms with E-state index in [0.29, 0.717) is 25.4 Å². The second-order valence-corrected chi connectivity index (χ2v) is 5.25. The molecule has 4 heteroatoms. The first-order valence-corrected chi connectivity index (χ1v) is 8.51. The van der Waals surface area contributed by atoms with Crippen molar-refractivity contribution in [2.24, 2.45) is 11.5 Å². The van der Waals surface area contributed by atoms with Crippen LogP contribution in [0, 0.1) is 0 Å². The molecule has 0 amide bonds. The van der Waals surface area contributed by atoms with Crippen molar-refractivity contribution in [2.75, 3.05) is 6.61 Å². The molecule has 0 aromatic heterocycles. The maximum atomic E-state index is 9.39. The fraction of sp³-hybridized carbons (Fsp3) is 0.400. The summed E-state index contributed by atoms with van der Waals surface area (Å²) in [6.45, 7) is 7.98. The van der Waals surface area contributed by atoms with Crippen LogP contribution in [0.3, 0.4) is 0 Å². The smallest absolute Gasteiger partial charge is 0.161 e. The quantitative estimate of drug-likeness (QED) is 0.766. The average molecular weight is 332 g/mol. The highest BCUT2D eigenvalue weighted by molar-refractivity contribution is 5.41. The number of benzene rings is 2. The van der Waals surface area contributed by atoms with E-state index < -0.39 is 0 Å². The Hall–Kier alpha value is -2.04. The molecule has 2 rings (SSSR count). The van der Waals surface area contributed by atoms with E-state index in [1.165, 1.54) is 12.0 Å². The van der Waals surface area contributed by atoms with Crippen LogP contribution in [0.4, 0.5) is 0 Å². The molecule has 0 bridgehead atoms. The molecule has 0 saturated heterocycles. The van der Waals surface area contributed by atoms with Crippen molar-refractivity contribution >= 4 is 0 Å². The fourth-order valence-electron chi connectivity index (χ4n) is 1.63. The van der Waals surface area contributed by atoms with Crippen molar-refractivity contribution < 1.29 is 9.84 Å². The van der Waals surface area contributed by atoms with Crippen LogP contribution >= 0.6 is 0 Å². The molecule has 0 aliphatic rings. The molecule has 0 radical (unpaired) electrons. The molecule has 134 valence electrons. The van der Waals surface area contributed by atoms with Gasteiger partial charge in [0.15, 0.2) is 11.5 Å². The fourth-order valence-corrected chi connectivity index (χ4v) is 1.63. The molecule has 0 aliphatic carbocycles. The van der Waals surface area contributed by atoms with Crippen LogP contribution in [0.1, 0.15) is 44.7 Å². The maximum Gasteiger partial charge on any atom is 0.161 e. The van der Waals surface area contributed by atoms with Gasteiger partial charge in [-0.05, 0) is 29.7 Å². The van der Waals surface area contributed by atoms with Crippen LogP contribution in [0.5, 0.6) is 11.5 Å². The average Bonchev–Trinajstić information content (AvgIpc) is 2.63. The highest BCUT2D eigenvalue weighted by atomic mass is 16.5. The van der Waals surface area contributed by atoms with Gasteiger partial charge < -0.3 is 21.3 Å². The molecule has 5 N–H and O–H groups in total. The summed E-state index contributed by atoms with van der Waals surface area (Å²) in [6.07, 6.45) is 2.17. The second-order valence-electron chi connectivity index (χ2n) is 5.25. The minimum absolute atomic E-state index is 0.172. The highest BCUT2D eigenvalue weighted by Gasteiger charge is 2.02. The first-order valence-electron chi connectivity index (χ1n) is 8.51. The molecule has 4 nitrogen and oxygen atoms in total. The lowest BCUT2D eigenvalue weighted by Gasteiger charge is -2.07. The minimum atomic E-state index is 0.172. The van der Waals surface area contributed by atoms with Crippen LogP contribution in [-0.2, 0) is 13.1 Å². The SMILES string of the molecule is CCC.CCCOc1cc(CN)ccc1O.NCc1ccccc1. The van der Waals surface area contributed by atoms with E-state index in [-0.39, 0.29) is 5.75 Å². The lowest BCUT2D eigenvalue weighted by Crippen LogP contribution is -1.99. The molecule has 0 aliphatic heterocycles. The van der Waals surface area contributed by atoms with Crippen molar-refractivity contribution in [2.45, 2.75) is 46.7 Å². The van der Waals surface area contributed by atoms with Crippen LogP contribution in [0.15, 0.2) is 48.5 Å². The van der Waals surface area contributed by atoms with Gasteiger partial charge in [0.2, 0.25) is 0 Å². The Labute approximate surface area is 146 Å². The Morgan fingerprint density at radius 1 is 0.875 bits per heavy atom. The van der Waals surface area contributed by atoms with E-state index in [1.807, 2.05) is 37.3 Å². The summed E-state index contributed by atoms with van der Waals surface area (Å²) in [4.78, 5) is 0. The molecule has 0 atom stereocenters. The Morgan fingerprint density at radius 2 is 1.46 bits per heavy atom. The van der Waals surface area contributed by atoms with Gasteiger partial charge >= 0.3 is 0 Å². The highest BCUT2D eigenvalue weighted by Crippen LogP contribution is 2.26.